The van der Waals surface area contributed by atoms with Crippen LogP contribution in [0.2, 0.25) is 0 Å². The van der Waals surface area contributed by atoms with Crippen molar-refractivity contribution in [1.29, 1.82) is 0 Å². The van der Waals surface area contributed by atoms with E-state index in [-0.39, 0.29) is 6.03 Å². The topological polar surface area (TPSA) is 69.6 Å². The molecule has 0 aromatic carbocycles. The summed E-state index contributed by atoms with van der Waals surface area (Å²) in [7, 11) is 0. The molecule has 106 valence electrons. The summed E-state index contributed by atoms with van der Waals surface area (Å²) in [6.45, 7) is 2.60. The second-order valence-electron chi connectivity index (χ2n) is 4.68. The highest BCUT2D eigenvalue weighted by molar-refractivity contribution is 7.99. The number of nitrogens with zero attached hydrogens (tertiary/aromatic N) is 1. The molecule has 0 aliphatic carbocycles. The zero-order chi connectivity index (χ0) is 14.3. The van der Waals surface area contributed by atoms with Crippen molar-refractivity contribution in [2.45, 2.75) is 31.7 Å². The minimum atomic E-state index is -1.09. The van der Waals surface area contributed by atoms with Crippen LogP contribution in [-0.2, 0) is 4.79 Å². The van der Waals surface area contributed by atoms with Crippen molar-refractivity contribution in [2.75, 3.05) is 24.6 Å². The molecule has 1 unspecified atom stereocenters. The second-order valence-corrected chi connectivity index (χ2v) is 5.78. The van der Waals surface area contributed by atoms with Gasteiger partial charge in [0.1, 0.15) is 5.54 Å². The third kappa shape index (κ3) is 4.06. The maximum atomic E-state index is 12.1. The Morgan fingerprint density at radius 2 is 2.26 bits per heavy atom. The monoisotopic (exact) mass is 284 g/mol. The molecule has 0 saturated carbocycles. The number of carboxylic acids is 1. The fraction of sp³-hybridized carbons (Fsp3) is 0.692. The molecule has 19 heavy (non-hydrogen) atoms. The number of amides is 2. The number of hydrogen-bond donors (Lipinski definition) is 2. The van der Waals surface area contributed by atoms with Crippen LogP contribution in [-0.4, -0.2) is 52.1 Å². The van der Waals surface area contributed by atoms with Crippen LogP contribution in [0, 0.1) is 12.3 Å². The molecule has 2 N–H and O–H groups in total. The van der Waals surface area contributed by atoms with E-state index in [1.54, 1.807) is 18.7 Å². The van der Waals surface area contributed by atoms with E-state index in [4.69, 9.17) is 6.42 Å². The molecule has 1 saturated heterocycles. The Bertz CT molecular complexity index is 381. The lowest BCUT2D eigenvalue weighted by molar-refractivity contribution is -0.150. The Morgan fingerprint density at radius 3 is 2.89 bits per heavy atom. The smallest absolute Gasteiger partial charge is 0.329 e. The van der Waals surface area contributed by atoms with E-state index in [1.807, 2.05) is 0 Å². The van der Waals surface area contributed by atoms with Gasteiger partial charge in [-0.25, -0.2) is 9.59 Å². The van der Waals surface area contributed by atoms with Crippen LogP contribution < -0.4 is 5.32 Å². The van der Waals surface area contributed by atoms with Gasteiger partial charge in [-0.1, -0.05) is 5.92 Å². The zero-order valence-electron chi connectivity index (χ0n) is 11.1. The molecule has 1 aliphatic rings. The van der Waals surface area contributed by atoms with Gasteiger partial charge in [0.25, 0.3) is 0 Å². The lowest BCUT2D eigenvalue weighted by Gasteiger charge is -2.41. The van der Waals surface area contributed by atoms with Crippen molar-refractivity contribution >= 4 is 23.8 Å². The number of urea groups is 1. The highest BCUT2D eigenvalue weighted by Crippen LogP contribution is 2.28. The van der Waals surface area contributed by atoms with Gasteiger partial charge in [-0.05, 0) is 26.2 Å². The van der Waals surface area contributed by atoms with Gasteiger partial charge >= 0.3 is 12.0 Å². The number of carbonyl (C=O) groups is 2. The Balaban J connectivity index is 2.49. The van der Waals surface area contributed by atoms with E-state index < -0.39 is 11.5 Å². The van der Waals surface area contributed by atoms with E-state index in [0.29, 0.717) is 25.3 Å². The molecule has 0 bridgehead atoms. The summed E-state index contributed by atoms with van der Waals surface area (Å²) in [5.41, 5.74) is -1.09. The third-order valence-corrected chi connectivity index (χ3v) is 4.17. The predicted molar refractivity (Wildman–Crippen MR) is 76.2 cm³/mol. The number of carboxylic acid groups (broad SMARTS) is 1. The first-order chi connectivity index (χ1) is 9.02. The van der Waals surface area contributed by atoms with E-state index >= 15 is 0 Å². The first-order valence-corrected chi connectivity index (χ1v) is 7.48. The molecule has 1 rings (SSSR count). The maximum absolute atomic E-state index is 12.1. The minimum Gasteiger partial charge on any atom is -0.480 e. The maximum Gasteiger partial charge on any atom is 0.329 e. The lowest BCUT2D eigenvalue weighted by atomic mass is 9.89. The normalized spacial score (nSPS) is 22.6. The number of nitrogens with one attached hydrogen (secondary N) is 1. The Morgan fingerprint density at radius 1 is 1.53 bits per heavy atom. The van der Waals surface area contributed by atoms with E-state index in [0.717, 1.165) is 18.6 Å². The number of thioether (sulfide) groups is 1. The van der Waals surface area contributed by atoms with Crippen LogP contribution in [0.25, 0.3) is 0 Å². The van der Waals surface area contributed by atoms with Gasteiger partial charge in [0, 0.05) is 18.8 Å². The van der Waals surface area contributed by atoms with Crippen LogP contribution in [0.1, 0.15) is 26.2 Å². The van der Waals surface area contributed by atoms with Crippen LogP contribution in [0.15, 0.2) is 0 Å². The van der Waals surface area contributed by atoms with Gasteiger partial charge in [-0.3, -0.25) is 0 Å². The lowest BCUT2D eigenvalue weighted by Crippen LogP contribution is -2.60. The fourth-order valence-corrected chi connectivity index (χ4v) is 2.63. The summed E-state index contributed by atoms with van der Waals surface area (Å²) in [6.07, 6.45) is 7.31. The summed E-state index contributed by atoms with van der Waals surface area (Å²) >= 11 is 1.56. The second kappa shape index (κ2) is 7.29. The van der Waals surface area contributed by atoms with Gasteiger partial charge in [0.2, 0.25) is 0 Å². The number of carbonyl (C=O) groups excluding carboxylic acids is 1. The number of terminal acetylenes is 1. The van der Waals surface area contributed by atoms with E-state index in [9.17, 15) is 14.7 Å². The van der Waals surface area contributed by atoms with E-state index in [2.05, 4.69) is 11.2 Å². The average molecular weight is 284 g/mol. The highest BCUT2D eigenvalue weighted by atomic mass is 32.2. The summed E-state index contributed by atoms with van der Waals surface area (Å²) in [5, 5.41) is 12.1. The van der Waals surface area contributed by atoms with E-state index in [1.165, 1.54) is 4.90 Å². The average Bonchev–Trinajstić information content (AvgIpc) is 2.38. The van der Waals surface area contributed by atoms with Crippen LogP contribution in [0.3, 0.4) is 0 Å². The number of aliphatic carboxylic acids is 1. The Kier molecular flexibility index (Phi) is 6.03. The first-order valence-electron chi connectivity index (χ1n) is 6.32. The number of piperidine rings is 1. The molecule has 5 nitrogen and oxygen atoms in total. The van der Waals surface area contributed by atoms with Crippen molar-refractivity contribution in [1.82, 2.24) is 10.2 Å². The van der Waals surface area contributed by atoms with Gasteiger partial charge in [-0.15, -0.1) is 18.2 Å². The molecule has 0 aromatic rings. The molecule has 2 amide bonds. The predicted octanol–water partition coefficient (Wildman–Crippen LogP) is 1.39. The molecular weight excluding hydrogens is 264 g/mol. The first kappa shape index (κ1) is 15.7. The van der Waals surface area contributed by atoms with Crippen LogP contribution in [0.5, 0.6) is 0 Å². The SMILES string of the molecule is C#CCSCCNC(=O)N1CCCCC1(C)C(=O)O. The van der Waals surface area contributed by atoms with Crippen LogP contribution >= 0.6 is 11.8 Å². The quantitative estimate of drug-likeness (QED) is 0.591. The van der Waals surface area contributed by atoms with Gasteiger partial charge < -0.3 is 15.3 Å². The largest absolute Gasteiger partial charge is 0.480 e. The molecule has 0 aromatic heterocycles. The number of likely N-dealkylation sites (tertiary alicyclic amines) is 1. The summed E-state index contributed by atoms with van der Waals surface area (Å²) < 4.78 is 0. The van der Waals surface area contributed by atoms with Crippen molar-refractivity contribution in [2.24, 2.45) is 0 Å². The standard InChI is InChI=1S/C13H20N2O3S/c1-3-9-19-10-7-14-12(18)15-8-5-4-6-13(15,2)11(16)17/h1H,4-10H2,2H3,(H,14,18)(H,16,17). The minimum absolute atomic E-state index is 0.300. The van der Waals surface area contributed by atoms with Gasteiger partial charge in [0.15, 0.2) is 0 Å². The molecule has 1 fully saturated rings. The molecule has 0 spiro atoms. The zero-order valence-corrected chi connectivity index (χ0v) is 12.0. The van der Waals surface area contributed by atoms with Crippen molar-refractivity contribution in [3.05, 3.63) is 0 Å². The highest BCUT2D eigenvalue weighted by Gasteiger charge is 2.43. The molecule has 1 heterocycles. The van der Waals surface area contributed by atoms with Crippen molar-refractivity contribution < 1.29 is 14.7 Å². The van der Waals surface area contributed by atoms with Crippen LogP contribution in [0.4, 0.5) is 4.79 Å². The summed E-state index contributed by atoms with van der Waals surface area (Å²) in [5.74, 6) is 2.92. The number of rotatable bonds is 5. The van der Waals surface area contributed by atoms with Gasteiger partial charge in [-0.2, -0.15) is 0 Å². The molecular formula is C13H20N2O3S. The molecule has 1 atom stereocenters. The summed E-state index contributed by atoms with van der Waals surface area (Å²) in [6, 6.07) is -0.300. The Labute approximate surface area is 118 Å². The van der Waals surface area contributed by atoms with Gasteiger partial charge in [0.05, 0.1) is 5.75 Å². The molecule has 1 aliphatic heterocycles. The summed E-state index contributed by atoms with van der Waals surface area (Å²) in [4.78, 5) is 24.8. The van der Waals surface area contributed by atoms with Crippen molar-refractivity contribution in [3.63, 3.8) is 0 Å². The Hall–Kier alpha value is -1.35. The van der Waals surface area contributed by atoms with Crippen molar-refractivity contribution in [3.8, 4) is 12.3 Å². The third-order valence-electron chi connectivity index (χ3n) is 3.30. The fourth-order valence-electron chi connectivity index (χ4n) is 2.13. The molecule has 0 radical (unpaired) electrons. The number of hydrogen-bond acceptors (Lipinski definition) is 3. The molecule has 6 heteroatoms.